The summed E-state index contributed by atoms with van der Waals surface area (Å²) in [7, 11) is 0. The molecule has 0 aliphatic carbocycles. The van der Waals surface area contributed by atoms with Crippen molar-refractivity contribution >= 4 is 17.6 Å². The third-order valence-corrected chi connectivity index (χ3v) is 2.17. The van der Waals surface area contributed by atoms with Crippen LogP contribution in [-0.4, -0.2) is 17.6 Å². The van der Waals surface area contributed by atoms with Gasteiger partial charge in [0.25, 0.3) is 6.43 Å². The maximum Gasteiger partial charge on any atom is 0.310 e. The van der Waals surface area contributed by atoms with Crippen LogP contribution in [0.1, 0.15) is 24.6 Å². The Labute approximate surface area is 96.4 Å². The van der Waals surface area contributed by atoms with Crippen molar-refractivity contribution in [3.63, 3.8) is 0 Å². The van der Waals surface area contributed by atoms with Gasteiger partial charge in [-0.25, -0.2) is 8.78 Å². The van der Waals surface area contributed by atoms with Crippen LogP contribution in [-0.2, 0) is 16.0 Å². The molecule has 0 N–H and O–H groups in total. The molecule has 0 spiro atoms. The lowest BCUT2D eigenvalue weighted by Gasteiger charge is -2.05. The van der Waals surface area contributed by atoms with Crippen LogP contribution >= 0.6 is 11.6 Å². The minimum atomic E-state index is -2.67. The van der Waals surface area contributed by atoms with E-state index in [2.05, 4.69) is 4.98 Å². The van der Waals surface area contributed by atoms with Crippen LogP contribution < -0.4 is 0 Å². The first-order valence-corrected chi connectivity index (χ1v) is 5.00. The lowest BCUT2D eigenvalue weighted by molar-refractivity contribution is -0.142. The molecule has 0 radical (unpaired) electrons. The molecule has 1 rings (SSSR count). The van der Waals surface area contributed by atoms with Crippen LogP contribution in [0.3, 0.4) is 0 Å². The molecule has 0 saturated carbocycles. The summed E-state index contributed by atoms with van der Waals surface area (Å²) in [4.78, 5) is 14.6. The van der Waals surface area contributed by atoms with Gasteiger partial charge in [0.2, 0.25) is 0 Å². The zero-order chi connectivity index (χ0) is 12.1. The highest BCUT2D eigenvalue weighted by Gasteiger charge is 2.13. The maximum atomic E-state index is 12.2. The molecule has 0 bridgehead atoms. The molecule has 16 heavy (non-hydrogen) atoms. The number of pyridine rings is 1. The third kappa shape index (κ3) is 3.41. The minimum absolute atomic E-state index is 0.0663. The molecule has 0 aromatic carbocycles. The Bertz CT molecular complexity index is 385. The van der Waals surface area contributed by atoms with E-state index in [4.69, 9.17) is 16.3 Å². The van der Waals surface area contributed by atoms with Crippen LogP contribution in [0.15, 0.2) is 12.3 Å². The molecule has 0 amide bonds. The van der Waals surface area contributed by atoms with Gasteiger partial charge in [0.1, 0.15) is 5.69 Å². The first kappa shape index (κ1) is 12.8. The number of carbonyl (C=O) groups excluding carboxylic acids is 1. The number of alkyl halides is 2. The number of halogens is 3. The van der Waals surface area contributed by atoms with Gasteiger partial charge in [0.15, 0.2) is 0 Å². The SMILES string of the molecule is CCOC(=O)Cc1cnc(C(F)F)cc1Cl. The van der Waals surface area contributed by atoms with E-state index in [9.17, 15) is 13.6 Å². The summed E-state index contributed by atoms with van der Waals surface area (Å²) in [5.74, 6) is -0.462. The highest BCUT2D eigenvalue weighted by molar-refractivity contribution is 6.31. The normalized spacial score (nSPS) is 10.6. The van der Waals surface area contributed by atoms with E-state index in [0.717, 1.165) is 6.07 Å². The fourth-order valence-corrected chi connectivity index (χ4v) is 1.32. The molecule has 0 fully saturated rings. The van der Waals surface area contributed by atoms with E-state index in [-0.39, 0.29) is 18.1 Å². The Hall–Kier alpha value is -1.23. The maximum absolute atomic E-state index is 12.2. The zero-order valence-electron chi connectivity index (χ0n) is 8.54. The van der Waals surface area contributed by atoms with E-state index in [1.54, 1.807) is 6.92 Å². The van der Waals surface area contributed by atoms with Crippen molar-refractivity contribution in [1.29, 1.82) is 0 Å². The summed E-state index contributed by atoms with van der Waals surface area (Å²) < 4.78 is 29.2. The van der Waals surface area contributed by atoms with Crippen LogP contribution in [0.25, 0.3) is 0 Å². The third-order valence-electron chi connectivity index (χ3n) is 1.81. The van der Waals surface area contributed by atoms with E-state index in [1.165, 1.54) is 6.20 Å². The van der Waals surface area contributed by atoms with Crippen molar-refractivity contribution in [2.24, 2.45) is 0 Å². The summed E-state index contributed by atoms with van der Waals surface area (Å²) in [6.07, 6.45) is -1.57. The Balaban J connectivity index is 2.79. The van der Waals surface area contributed by atoms with Crippen molar-refractivity contribution in [2.45, 2.75) is 19.8 Å². The monoisotopic (exact) mass is 249 g/mol. The van der Waals surface area contributed by atoms with Gasteiger partial charge in [-0.15, -0.1) is 0 Å². The van der Waals surface area contributed by atoms with Crippen molar-refractivity contribution in [3.05, 3.63) is 28.5 Å². The summed E-state index contributed by atoms with van der Waals surface area (Å²) in [6, 6.07) is 1.06. The van der Waals surface area contributed by atoms with Gasteiger partial charge in [0.05, 0.1) is 13.0 Å². The Morgan fingerprint density at radius 2 is 2.31 bits per heavy atom. The summed E-state index contributed by atoms with van der Waals surface area (Å²) in [6.45, 7) is 1.94. The topological polar surface area (TPSA) is 39.2 Å². The van der Waals surface area contributed by atoms with Crippen LogP contribution in [0, 0.1) is 0 Å². The highest BCUT2D eigenvalue weighted by atomic mass is 35.5. The number of nitrogens with zero attached hydrogens (tertiary/aromatic N) is 1. The summed E-state index contributed by atoms with van der Waals surface area (Å²) >= 11 is 5.74. The largest absolute Gasteiger partial charge is 0.466 e. The number of aromatic nitrogens is 1. The smallest absolute Gasteiger partial charge is 0.310 e. The van der Waals surface area contributed by atoms with E-state index < -0.39 is 18.1 Å². The van der Waals surface area contributed by atoms with E-state index >= 15 is 0 Å². The van der Waals surface area contributed by atoms with Crippen molar-refractivity contribution in [1.82, 2.24) is 4.98 Å². The number of carbonyl (C=O) groups is 1. The molecular formula is C10H10ClF2NO2. The lowest BCUT2D eigenvalue weighted by Crippen LogP contribution is -2.08. The van der Waals surface area contributed by atoms with Gasteiger partial charge in [-0.1, -0.05) is 11.6 Å². The zero-order valence-corrected chi connectivity index (χ0v) is 9.30. The molecular weight excluding hydrogens is 240 g/mol. The van der Waals surface area contributed by atoms with Crippen molar-refractivity contribution < 1.29 is 18.3 Å². The molecule has 6 heteroatoms. The molecule has 0 atom stereocenters. The number of hydrogen-bond donors (Lipinski definition) is 0. The Kier molecular flexibility index (Phi) is 4.61. The number of ether oxygens (including phenoxy) is 1. The van der Waals surface area contributed by atoms with Gasteiger partial charge in [-0.3, -0.25) is 9.78 Å². The average molecular weight is 250 g/mol. The molecule has 1 aromatic heterocycles. The van der Waals surface area contributed by atoms with Crippen LogP contribution in [0.4, 0.5) is 8.78 Å². The predicted molar refractivity (Wildman–Crippen MR) is 54.5 cm³/mol. The van der Waals surface area contributed by atoms with Gasteiger partial charge < -0.3 is 4.74 Å². The summed E-state index contributed by atoms with van der Waals surface area (Å²) in [5, 5.41) is 0.0957. The summed E-state index contributed by atoms with van der Waals surface area (Å²) in [5.41, 5.74) is -0.0258. The van der Waals surface area contributed by atoms with Gasteiger partial charge in [-0.05, 0) is 13.0 Å². The first-order valence-electron chi connectivity index (χ1n) is 4.62. The molecule has 0 aliphatic rings. The fourth-order valence-electron chi connectivity index (χ4n) is 1.09. The van der Waals surface area contributed by atoms with Crippen molar-refractivity contribution in [3.8, 4) is 0 Å². The molecule has 1 heterocycles. The van der Waals surface area contributed by atoms with Gasteiger partial charge in [-0.2, -0.15) is 0 Å². The molecule has 0 aliphatic heterocycles. The Morgan fingerprint density at radius 3 is 2.81 bits per heavy atom. The second-order valence-electron chi connectivity index (χ2n) is 2.98. The van der Waals surface area contributed by atoms with Gasteiger partial charge >= 0.3 is 5.97 Å². The van der Waals surface area contributed by atoms with E-state index in [1.807, 2.05) is 0 Å². The number of hydrogen-bond acceptors (Lipinski definition) is 3. The molecule has 3 nitrogen and oxygen atoms in total. The van der Waals surface area contributed by atoms with Crippen LogP contribution in [0.5, 0.6) is 0 Å². The molecule has 1 aromatic rings. The van der Waals surface area contributed by atoms with Gasteiger partial charge in [0, 0.05) is 16.8 Å². The predicted octanol–water partition coefficient (Wildman–Crippen LogP) is 2.78. The molecule has 0 unspecified atom stereocenters. The second-order valence-corrected chi connectivity index (χ2v) is 3.39. The lowest BCUT2D eigenvalue weighted by atomic mass is 10.2. The van der Waals surface area contributed by atoms with Crippen LogP contribution in [0.2, 0.25) is 5.02 Å². The first-order chi connectivity index (χ1) is 7.54. The number of rotatable bonds is 4. The standard InChI is InChI=1S/C10H10ClF2NO2/c1-2-16-9(15)3-6-5-14-8(10(12)13)4-7(6)11/h4-5,10H,2-3H2,1H3. The average Bonchev–Trinajstić information content (AvgIpc) is 2.21. The van der Waals surface area contributed by atoms with Crippen molar-refractivity contribution in [2.75, 3.05) is 6.61 Å². The molecule has 0 saturated heterocycles. The highest BCUT2D eigenvalue weighted by Crippen LogP contribution is 2.23. The Morgan fingerprint density at radius 1 is 1.62 bits per heavy atom. The fraction of sp³-hybridized carbons (Fsp3) is 0.400. The molecule has 88 valence electrons. The second kappa shape index (κ2) is 5.75. The quantitative estimate of drug-likeness (QED) is 0.771. The van der Waals surface area contributed by atoms with E-state index in [0.29, 0.717) is 5.56 Å². The minimum Gasteiger partial charge on any atom is -0.466 e. The number of esters is 1.